The molecule has 0 fully saturated rings. The van der Waals surface area contributed by atoms with Crippen molar-refractivity contribution in [1.29, 1.82) is 0 Å². The van der Waals surface area contributed by atoms with E-state index in [0.717, 1.165) is 25.7 Å². The summed E-state index contributed by atoms with van der Waals surface area (Å²) in [5.74, 6) is -0.989. The van der Waals surface area contributed by atoms with Crippen molar-refractivity contribution in [3.63, 3.8) is 0 Å². The van der Waals surface area contributed by atoms with Gasteiger partial charge in [0.2, 0.25) is 0 Å². The van der Waals surface area contributed by atoms with Crippen LogP contribution in [0.4, 0.5) is 0 Å². The smallest absolute Gasteiger partial charge is 0.462 e. The lowest BCUT2D eigenvalue weighted by Gasteiger charge is -2.24. The molecule has 0 saturated heterocycles. The van der Waals surface area contributed by atoms with Gasteiger partial charge in [-0.25, -0.2) is 4.57 Å². The number of carbonyl (C=O) groups is 2. The molecule has 0 aromatic rings. The summed E-state index contributed by atoms with van der Waals surface area (Å²) in [5, 5.41) is 20.0. The highest BCUT2D eigenvalue weighted by Gasteiger charge is 2.27. The van der Waals surface area contributed by atoms with Crippen LogP contribution in [0.25, 0.3) is 0 Å². The summed E-state index contributed by atoms with van der Waals surface area (Å²) in [7, 11) is 1.35. The molecule has 0 radical (unpaired) electrons. The number of unbranched alkanes of at least 4 members (excludes halogenated alkanes) is 11. The summed E-state index contributed by atoms with van der Waals surface area (Å²) in [6.45, 7) is 3.97. The third kappa shape index (κ3) is 38.3. The topological polar surface area (TPSA) is 149 Å². The number of allylic oxidation sites excluding steroid dienone is 8. The first-order chi connectivity index (χ1) is 26.8. The molecule has 56 heavy (non-hydrogen) atoms. The molecule has 1 unspecified atom stereocenters. The van der Waals surface area contributed by atoms with Crippen molar-refractivity contribution in [1.82, 2.24) is 0 Å². The number of aliphatic hydroxyl groups excluding tert-OH is 2. The minimum atomic E-state index is -4.42. The molecule has 0 aliphatic carbocycles. The number of quaternary nitrogens is 1. The van der Waals surface area contributed by atoms with Crippen LogP contribution in [-0.4, -0.2) is 97.3 Å². The van der Waals surface area contributed by atoms with Crippen LogP contribution >= 0.6 is 7.82 Å². The van der Waals surface area contributed by atoms with Crippen molar-refractivity contribution in [2.45, 2.75) is 148 Å². The van der Waals surface area contributed by atoms with Crippen LogP contribution in [0.3, 0.4) is 0 Å². The Morgan fingerprint density at radius 2 is 1.29 bits per heavy atom. The molecule has 11 nitrogen and oxygen atoms in total. The Labute approximate surface area is 339 Å². The number of rotatable bonds is 36. The van der Waals surface area contributed by atoms with E-state index in [1.807, 2.05) is 63.7 Å². The van der Waals surface area contributed by atoms with Gasteiger partial charge >= 0.3 is 19.8 Å². The van der Waals surface area contributed by atoms with Crippen LogP contribution in [0.15, 0.2) is 72.9 Å². The molecule has 0 aromatic carbocycles. The quantitative estimate of drug-likeness (QED) is 0.0140. The summed E-state index contributed by atoms with van der Waals surface area (Å²) in [4.78, 5) is 35.2. The Bertz CT molecular complexity index is 1220. The van der Waals surface area contributed by atoms with Gasteiger partial charge in [-0.2, -0.15) is 0 Å². The van der Waals surface area contributed by atoms with Gasteiger partial charge in [0.1, 0.15) is 19.8 Å². The van der Waals surface area contributed by atoms with Crippen molar-refractivity contribution < 1.29 is 52.3 Å². The fourth-order valence-corrected chi connectivity index (χ4v) is 5.85. The summed E-state index contributed by atoms with van der Waals surface area (Å²) in [6, 6.07) is 0. The highest BCUT2D eigenvalue weighted by atomic mass is 31.2. The fourth-order valence-electron chi connectivity index (χ4n) is 5.11. The first kappa shape index (κ1) is 53.4. The van der Waals surface area contributed by atoms with E-state index < -0.39 is 44.7 Å². The number of hydrogen-bond acceptors (Lipinski definition) is 9. The van der Waals surface area contributed by atoms with E-state index in [2.05, 4.69) is 13.8 Å². The largest absolute Gasteiger partial charge is 0.472 e. The summed E-state index contributed by atoms with van der Waals surface area (Å²) >= 11 is 0. The Balaban J connectivity index is 4.63. The van der Waals surface area contributed by atoms with E-state index in [0.29, 0.717) is 43.1 Å². The zero-order chi connectivity index (χ0) is 41.8. The number of carbonyl (C=O) groups excluding carboxylic acids is 2. The number of nitrogens with zero attached hydrogens (tertiary/aromatic N) is 1. The molecule has 322 valence electrons. The third-order valence-corrected chi connectivity index (χ3v) is 9.41. The molecular formula is C44H77NO10P+. The van der Waals surface area contributed by atoms with E-state index in [9.17, 15) is 29.3 Å². The van der Waals surface area contributed by atoms with Gasteiger partial charge in [0, 0.05) is 12.8 Å². The number of hydrogen-bond donors (Lipinski definition) is 3. The standard InChI is InChI=1S/C44H76NO10P/c1-6-8-10-11-12-13-14-15-19-22-28-35-44(49)55-42(39-54-56(50,51)53-37-36-45(3,4)5)38-52-43(48)34-29-23-27-33-41(47)32-26-21-18-16-17-20-25-31-40(46)30-24-9-7-2/h9,17-18,20-21,24-27,31-33,40-42,46-47H,6-8,10-16,19,22-23,28-30,34-39H2,1-5H3/p+1/b20-17-,21-18-,24-9-,31-25+,32-26+,33-27-/t40-,41-,42-/m1/s1. The van der Waals surface area contributed by atoms with Crippen molar-refractivity contribution in [2.24, 2.45) is 0 Å². The van der Waals surface area contributed by atoms with Gasteiger partial charge in [0.05, 0.1) is 40.0 Å². The number of aliphatic hydroxyl groups is 2. The highest BCUT2D eigenvalue weighted by molar-refractivity contribution is 7.47. The SMILES string of the molecule is CC/C=C\C[C@@H](O)/C=C/C=C\C/C=C\C=C\[C@@H](O)/C=C\CCCC(=O)OC[C@H](COP(=O)(O)OCC[N+](C)(C)C)OC(=O)CCCCCCCCCCCCC. The average molecular weight is 811 g/mol. The lowest BCUT2D eigenvalue weighted by atomic mass is 10.1. The Morgan fingerprint density at radius 1 is 0.679 bits per heavy atom. The molecule has 3 N–H and O–H groups in total. The van der Waals surface area contributed by atoms with Crippen LogP contribution in [0.2, 0.25) is 0 Å². The Kier molecular flexibility index (Phi) is 33.9. The molecule has 12 heteroatoms. The summed E-state index contributed by atoms with van der Waals surface area (Å²) in [6.07, 6.45) is 36.0. The average Bonchev–Trinajstić information content (AvgIpc) is 3.13. The molecule has 0 aromatic heterocycles. The number of esters is 2. The molecule has 0 rings (SSSR count). The van der Waals surface area contributed by atoms with E-state index in [1.165, 1.54) is 44.9 Å². The molecule has 0 aliphatic rings. The van der Waals surface area contributed by atoms with Crippen molar-refractivity contribution in [3.8, 4) is 0 Å². The normalized spacial score (nSPS) is 15.5. The lowest BCUT2D eigenvalue weighted by Crippen LogP contribution is -2.37. The molecule has 4 atom stereocenters. The minimum Gasteiger partial charge on any atom is -0.462 e. The molecule has 0 saturated carbocycles. The molecule has 0 heterocycles. The van der Waals surface area contributed by atoms with Crippen LogP contribution in [0.5, 0.6) is 0 Å². The molecule has 0 aliphatic heterocycles. The first-order valence-corrected chi connectivity index (χ1v) is 22.4. The van der Waals surface area contributed by atoms with Gasteiger partial charge in [0.25, 0.3) is 0 Å². The Hall–Kier alpha value is -2.63. The minimum absolute atomic E-state index is 0.00393. The van der Waals surface area contributed by atoms with Gasteiger partial charge in [-0.1, -0.05) is 151 Å². The van der Waals surface area contributed by atoms with Gasteiger partial charge in [-0.15, -0.1) is 0 Å². The van der Waals surface area contributed by atoms with Gasteiger partial charge in [-0.3, -0.25) is 18.6 Å². The zero-order valence-electron chi connectivity index (χ0n) is 35.3. The molecule has 0 bridgehead atoms. The Morgan fingerprint density at radius 3 is 1.91 bits per heavy atom. The van der Waals surface area contributed by atoms with Gasteiger partial charge < -0.3 is 29.1 Å². The molecule has 0 spiro atoms. The second-order valence-corrected chi connectivity index (χ2v) is 16.5. The second-order valence-electron chi connectivity index (χ2n) is 15.0. The van der Waals surface area contributed by atoms with Crippen molar-refractivity contribution in [3.05, 3.63) is 72.9 Å². The number of likely N-dealkylation sites (N-methyl/N-ethyl adjacent to an activating group) is 1. The number of phosphoric ester groups is 1. The molecule has 0 amide bonds. The second kappa shape index (κ2) is 35.5. The van der Waals surface area contributed by atoms with E-state index >= 15 is 0 Å². The van der Waals surface area contributed by atoms with Crippen LogP contribution in [-0.2, 0) is 32.7 Å². The van der Waals surface area contributed by atoms with Gasteiger partial charge in [-0.05, 0) is 38.5 Å². The maximum atomic E-state index is 12.6. The number of phosphoric acid groups is 1. The highest BCUT2D eigenvalue weighted by Crippen LogP contribution is 2.43. The predicted molar refractivity (Wildman–Crippen MR) is 227 cm³/mol. The zero-order valence-corrected chi connectivity index (χ0v) is 36.2. The summed E-state index contributed by atoms with van der Waals surface area (Å²) < 4.78 is 34.0. The lowest BCUT2D eigenvalue weighted by molar-refractivity contribution is -0.870. The third-order valence-electron chi connectivity index (χ3n) is 8.43. The van der Waals surface area contributed by atoms with Gasteiger partial charge in [0.15, 0.2) is 6.10 Å². The summed E-state index contributed by atoms with van der Waals surface area (Å²) in [5.41, 5.74) is 0. The number of ether oxygens (including phenoxy) is 2. The maximum Gasteiger partial charge on any atom is 0.472 e. The monoisotopic (exact) mass is 811 g/mol. The maximum absolute atomic E-state index is 12.6. The van der Waals surface area contributed by atoms with Crippen LogP contribution in [0.1, 0.15) is 129 Å². The van der Waals surface area contributed by atoms with Crippen molar-refractivity contribution >= 4 is 19.8 Å². The van der Waals surface area contributed by atoms with Crippen molar-refractivity contribution in [2.75, 3.05) is 47.5 Å². The van der Waals surface area contributed by atoms with Crippen LogP contribution in [0, 0.1) is 0 Å². The fraction of sp³-hybridized carbons (Fsp3) is 0.682. The van der Waals surface area contributed by atoms with E-state index in [-0.39, 0.29) is 26.1 Å². The first-order valence-electron chi connectivity index (χ1n) is 20.9. The van der Waals surface area contributed by atoms with Crippen LogP contribution < -0.4 is 0 Å². The molecular weight excluding hydrogens is 733 g/mol. The van der Waals surface area contributed by atoms with E-state index in [1.54, 1.807) is 30.4 Å². The predicted octanol–water partition coefficient (Wildman–Crippen LogP) is 9.40. The van der Waals surface area contributed by atoms with E-state index in [4.69, 9.17) is 18.5 Å².